The summed E-state index contributed by atoms with van der Waals surface area (Å²) in [5.74, 6) is 0.647. The second kappa shape index (κ2) is 5.51. The highest BCUT2D eigenvalue weighted by molar-refractivity contribution is 5.90. The third-order valence-corrected chi connectivity index (χ3v) is 4.17. The van der Waals surface area contributed by atoms with Gasteiger partial charge in [-0.1, -0.05) is 30.4 Å². The summed E-state index contributed by atoms with van der Waals surface area (Å²) in [7, 11) is 0. The molecule has 0 saturated heterocycles. The lowest BCUT2D eigenvalue weighted by molar-refractivity contribution is 0.444. The van der Waals surface area contributed by atoms with Gasteiger partial charge in [0.2, 0.25) is 0 Å². The maximum atomic E-state index is 8.73. The van der Waals surface area contributed by atoms with Crippen LogP contribution in [-0.4, -0.2) is 4.98 Å². The molecule has 0 bridgehead atoms. The molecule has 0 radical (unpaired) electrons. The lowest BCUT2D eigenvalue weighted by atomic mass is 9.83. The van der Waals surface area contributed by atoms with Crippen LogP contribution in [0.1, 0.15) is 49.3 Å². The summed E-state index contributed by atoms with van der Waals surface area (Å²) in [5.41, 5.74) is 12.6. The van der Waals surface area contributed by atoms with Gasteiger partial charge in [-0.25, -0.2) is 0 Å². The topological polar surface area (TPSA) is 61.7 Å². The van der Waals surface area contributed by atoms with E-state index in [9.17, 15) is 0 Å². The molecule has 1 heterocycles. The number of pyridine rings is 1. The number of azide groups is 1. The smallest absolute Gasteiger partial charge is 0.0710 e. The molecular weight excluding hydrogens is 248 g/mol. The Hall–Kier alpha value is -2.06. The Bertz CT molecular complexity index is 680. The first kappa shape index (κ1) is 12.9. The van der Waals surface area contributed by atoms with E-state index in [2.05, 4.69) is 33.2 Å². The van der Waals surface area contributed by atoms with Crippen molar-refractivity contribution >= 4 is 16.6 Å². The average molecular weight is 266 g/mol. The predicted molar refractivity (Wildman–Crippen MR) is 81.1 cm³/mol. The van der Waals surface area contributed by atoms with Crippen LogP contribution in [0.3, 0.4) is 0 Å². The molecule has 4 heteroatoms. The van der Waals surface area contributed by atoms with Crippen LogP contribution in [0.5, 0.6) is 0 Å². The summed E-state index contributed by atoms with van der Waals surface area (Å²) < 4.78 is 0. The minimum atomic E-state index is 0.647. The van der Waals surface area contributed by atoms with Crippen LogP contribution in [-0.2, 0) is 0 Å². The summed E-state index contributed by atoms with van der Waals surface area (Å²) in [5, 5.41) is 4.79. The van der Waals surface area contributed by atoms with E-state index in [-0.39, 0.29) is 0 Å². The molecule has 3 rings (SSSR count). The molecule has 0 amide bonds. The van der Waals surface area contributed by atoms with Crippen molar-refractivity contribution in [3.8, 4) is 0 Å². The number of fused-ring (bicyclic) bond motifs is 1. The molecule has 0 aliphatic heterocycles. The van der Waals surface area contributed by atoms with Crippen LogP contribution < -0.4 is 0 Å². The van der Waals surface area contributed by atoms with Gasteiger partial charge < -0.3 is 0 Å². The van der Waals surface area contributed by atoms with Gasteiger partial charge in [-0.3, -0.25) is 4.98 Å². The number of aryl methyl sites for hydroxylation is 1. The van der Waals surface area contributed by atoms with Crippen molar-refractivity contribution < 1.29 is 0 Å². The first-order valence-corrected chi connectivity index (χ1v) is 7.24. The molecule has 4 nitrogen and oxygen atoms in total. The third-order valence-electron chi connectivity index (χ3n) is 4.17. The second-order valence-electron chi connectivity index (χ2n) is 5.58. The summed E-state index contributed by atoms with van der Waals surface area (Å²) in [6.45, 7) is 1.92. The van der Waals surface area contributed by atoms with Crippen LogP contribution in [0.25, 0.3) is 21.3 Å². The van der Waals surface area contributed by atoms with E-state index in [4.69, 9.17) is 5.53 Å². The van der Waals surface area contributed by atoms with Crippen molar-refractivity contribution in [1.82, 2.24) is 4.98 Å². The molecule has 2 aromatic rings. The molecule has 0 unspecified atom stereocenters. The standard InChI is InChI=1S/C16H18N4/c1-11-9-16(19-20-17)14-10-13(7-8-15(14)18-11)12-5-3-2-4-6-12/h7-10,12H,2-6H2,1H3. The molecule has 1 fully saturated rings. The van der Waals surface area contributed by atoms with E-state index in [0.717, 1.165) is 16.6 Å². The highest BCUT2D eigenvalue weighted by atomic mass is 15.1. The fraction of sp³-hybridized carbons (Fsp3) is 0.438. The molecule has 102 valence electrons. The Labute approximate surface area is 118 Å². The van der Waals surface area contributed by atoms with Gasteiger partial charge in [0.1, 0.15) is 0 Å². The van der Waals surface area contributed by atoms with Crippen molar-refractivity contribution in [2.75, 3.05) is 0 Å². The molecule has 1 aliphatic carbocycles. The zero-order valence-corrected chi connectivity index (χ0v) is 11.7. The number of nitrogens with zero attached hydrogens (tertiary/aromatic N) is 4. The summed E-state index contributed by atoms with van der Waals surface area (Å²) in [6, 6.07) is 8.27. The van der Waals surface area contributed by atoms with Gasteiger partial charge in [0.05, 0.1) is 5.52 Å². The van der Waals surface area contributed by atoms with E-state index in [1.165, 1.54) is 37.7 Å². The molecule has 1 saturated carbocycles. The SMILES string of the molecule is Cc1cc(N=[N+]=[N-])c2cc(C3CCCCC3)ccc2n1. The van der Waals surface area contributed by atoms with E-state index in [1.807, 2.05) is 13.0 Å². The molecular formula is C16H18N4. The van der Waals surface area contributed by atoms with Gasteiger partial charge in [-0.2, -0.15) is 0 Å². The number of aromatic nitrogens is 1. The predicted octanol–water partition coefficient (Wildman–Crippen LogP) is 5.53. The fourth-order valence-electron chi connectivity index (χ4n) is 3.17. The van der Waals surface area contributed by atoms with E-state index in [1.54, 1.807) is 0 Å². The quantitative estimate of drug-likeness (QED) is 0.400. The monoisotopic (exact) mass is 266 g/mol. The molecule has 1 aliphatic rings. The molecule has 0 spiro atoms. The summed E-state index contributed by atoms with van der Waals surface area (Å²) >= 11 is 0. The maximum absolute atomic E-state index is 8.73. The zero-order chi connectivity index (χ0) is 13.9. The van der Waals surface area contributed by atoms with E-state index in [0.29, 0.717) is 11.6 Å². The zero-order valence-electron chi connectivity index (χ0n) is 11.7. The van der Waals surface area contributed by atoms with Gasteiger partial charge in [-0.05, 0) is 55.0 Å². The number of rotatable bonds is 2. The van der Waals surface area contributed by atoms with Gasteiger partial charge >= 0.3 is 0 Å². The van der Waals surface area contributed by atoms with Crippen LogP contribution in [0, 0.1) is 6.92 Å². The first-order chi connectivity index (χ1) is 9.78. The van der Waals surface area contributed by atoms with Crippen LogP contribution in [0.15, 0.2) is 29.4 Å². The van der Waals surface area contributed by atoms with Crippen molar-refractivity contribution in [3.05, 3.63) is 46.0 Å². The Morgan fingerprint density at radius 2 is 2.00 bits per heavy atom. The van der Waals surface area contributed by atoms with Gasteiger partial charge in [0.15, 0.2) is 0 Å². The summed E-state index contributed by atoms with van der Waals surface area (Å²) in [6.07, 6.45) is 6.52. The molecule has 1 aromatic carbocycles. The van der Waals surface area contributed by atoms with Gasteiger partial charge in [-0.15, -0.1) is 0 Å². The minimum absolute atomic E-state index is 0.647. The average Bonchev–Trinajstić information content (AvgIpc) is 2.48. The van der Waals surface area contributed by atoms with Crippen LogP contribution in [0.2, 0.25) is 0 Å². The molecule has 1 aromatic heterocycles. The van der Waals surface area contributed by atoms with Crippen LogP contribution in [0.4, 0.5) is 5.69 Å². The largest absolute Gasteiger partial charge is 0.253 e. The fourth-order valence-corrected chi connectivity index (χ4v) is 3.17. The van der Waals surface area contributed by atoms with Crippen molar-refractivity contribution in [2.45, 2.75) is 44.9 Å². The Kier molecular flexibility index (Phi) is 3.57. The Morgan fingerprint density at radius 1 is 1.20 bits per heavy atom. The van der Waals surface area contributed by atoms with E-state index < -0.39 is 0 Å². The van der Waals surface area contributed by atoms with Gasteiger partial charge in [0, 0.05) is 21.7 Å². The Balaban J connectivity index is 2.11. The lowest BCUT2D eigenvalue weighted by Gasteiger charge is -2.22. The van der Waals surface area contributed by atoms with Crippen molar-refractivity contribution in [3.63, 3.8) is 0 Å². The number of hydrogen-bond acceptors (Lipinski definition) is 2. The minimum Gasteiger partial charge on any atom is -0.253 e. The number of benzene rings is 1. The molecule has 0 atom stereocenters. The summed E-state index contributed by atoms with van der Waals surface area (Å²) in [4.78, 5) is 7.46. The third kappa shape index (κ3) is 2.47. The van der Waals surface area contributed by atoms with Gasteiger partial charge in [0.25, 0.3) is 0 Å². The number of hydrogen-bond donors (Lipinski definition) is 0. The highest BCUT2D eigenvalue weighted by Gasteiger charge is 2.16. The van der Waals surface area contributed by atoms with E-state index >= 15 is 0 Å². The normalized spacial score (nSPS) is 16.1. The second-order valence-corrected chi connectivity index (χ2v) is 5.58. The molecule has 20 heavy (non-hydrogen) atoms. The maximum Gasteiger partial charge on any atom is 0.0710 e. The first-order valence-electron chi connectivity index (χ1n) is 7.24. The lowest BCUT2D eigenvalue weighted by Crippen LogP contribution is -2.04. The van der Waals surface area contributed by atoms with Crippen LogP contribution >= 0.6 is 0 Å². The van der Waals surface area contributed by atoms with Crippen molar-refractivity contribution in [1.29, 1.82) is 0 Å². The molecule has 0 N–H and O–H groups in total. The highest BCUT2D eigenvalue weighted by Crippen LogP contribution is 2.35. The Morgan fingerprint density at radius 3 is 2.75 bits per heavy atom. The van der Waals surface area contributed by atoms with Crippen molar-refractivity contribution in [2.24, 2.45) is 5.11 Å².